The van der Waals surface area contributed by atoms with Crippen LogP contribution in [-0.4, -0.2) is 27.3 Å². The molecular formula is C24H21ClN4OS. The zero-order valence-electron chi connectivity index (χ0n) is 17.0. The molecule has 0 N–H and O–H groups in total. The fourth-order valence-electron chi connectivity index (χ4n) is 3.00. The lowest BCUT2D eigenvalue weighted by atomic mass is 10.1. The van der Waals surface area contributed by atoms with Crippen LogP contribution in [-0.2, 0) is 13.0 Å². The summed E-state index contributed by atoms with van der Waals surface area (Å²) in [5.74, 6) is 1.42. The first kappa shape index (κ1) is 21.2. The first-order valence-electron chi connectivity index (χ1n) is 9.76. The molecule has 1 heterocycles. The first-order valence-corrected chi connectivity index (χ1v) is 11.4. The van der Waals surface area contributed by atoms with Crippen LogP contribution < -0.4 is 4.74 Å². The van der Waals surface area contributed by atoms with Crippen molar-refractivity contribution in [3.63, 3.8) is 0 Å². The largest absolute Gasteiger partial charge is 0.487 e. The molecule has 0 aliphatic carbocycles. The summed E-state index contributed by atoms with van der Waals surface area (Å²) in [7, 11) is 0. The second kappa shape index (κ2) is 10.3. The Morgan fingerprint density at radius 1 is 0.968 bits per heavy atom. The number of rotatable bonds is 8. The summed E-state index contributed by atoms with van der Waals surface area (Å²) < 4.78 is 7.61. The van der Waals surface area contributed by atoms with Crippen LogP contribution in [0.15, 0.2) is 89.1 Å². The molecule has 156 valence electrons. The van der Waals surface area contributed by atoms with Crippen molar-refractivity contribution < 1.29 is 4.74 Å². The molecule has 0 radical (unpaired) electrons. The monoisotopic (exact) mass is 448 g/mol. The lowest BCUT2D eigenvalue weighted by Crippen LogP contribution is -2.01. The van der Waals surface area contributed by atoms with Gasteiger partial charge in [-0.25, -0.2) is 0 Å². The summed E-state index contributed by atoms with van der Waals surface area (Å²) in [5.41, 5.74) is 3.11. The van der Waals surface area contributed by atoms with Crippen molar-refractivity contribution in [1.29, 1.82) is 0 Å². The van der Waals surface area contributed by atoms with Gasteiger partial charge in [-0.1, -0.05) is 84.0 Å². The Kier molecular flexibility index (Phi) is 7.02. The van der Waals surface area contributed by atoms with Gasteiger partial charge in [0.1, 0.15) is 12.4 Å². The van der Waals surface area contributed by atoms with Crippen LogP contribution >= 0.6 is 23.4 Å². The minimum Gasteiger partial charge on any atom is -0.487 e. The predicted molar refractivity (Wildman–Crippen MR) is 126 cm³/mol. The Morgan fingerprint density at radius 2 is 1.68 bits per heavy atom. The average molecular weight is 449 g/mol. The number of ether oxygens (including phenoxy) is 1. The van der Waals surface area contributed by atoms with E-state index in [1.54, 1.807) is 10.9 Å². The average Bonchev–Trinajstić information content (AvgIpc) is 3.19. The Hall–Kier alpha value is -3.09. The van der Waals surface area contributed by atoms with E-state index in [4.69, 9.17) is 16.3 Å². The number of benzene rings is 3. The van der Waals surface area contributed by atoms with Gasteiger partial charge in [-0.05, 0) is 41.1 Å². The van der Waals surface area contributed by atoms with Crippen molar-refractivity contribution in [2.75, 3.05) is 6.26 Å². The van der Waals surface area contributed by atoms with Crippen LogP contribution in [0, 0.1) is 0 Å². The molecule has 5 nitrogen and oxygen atoms in total. The molecule has 0 bridgehead atoms. The fraction of sp³-hybridized carbons (Fsp3) is 0.125. The third-order valence-electron chi connectivity index (χ3n) is 4.58. The normalized spacial score (nSPS) is 11.2. The maximum Gasteiger partial charge on any atom is 0.211 e. The highest BCUT2D eigenvalue weighted by Gasteiger charge is 2.11. The van der Waals surface area contributed by atoms with Gasteiger partial charge in [-0.3, -0.25) is 0 Å². The molecule has 0 unspecified atom stereocenters. The summed E-state index contributed by atoms with van der Waals surface area (Å²) >= 11 is 7.93. The third kappa shape index (κ3) is 5.54. The molecule has 4 aromatic rings. The topological polar surface area (TPSA) is 52.3 Å². The first-order chi connectivity index (χ1) is 15.2. The summed E-state index contributed by atoms with van der Waals surface area (Å²) in [6, 6.07) is 25.8. The Bertz CT molecular complexity index is 1160. The molecule has 1 aromatic heterocycles. The number of thioether (sulfide) groups is 1. The minimum atomic E-state index is 0.467. The third-order valence-corrected chi connectivity index (χ3v) is 5.49. The van der Waals surface area contributed by atoms with Crippen molar-refractivity contribution in [1.82, 2.24) is 14.9 Å². The highest BCUT2D eigenvalue weighted by molar-refractivity contribution is 7.98. The molecule has 0 saturated heterocycles. The Balaban J connectivity index is 1.49. The van der Waals surface area contributed by atoms with E-state index >= 15 is 0 Å². The molecule has 31 heavy (non-hydrogen) atoms. The smallest absolute Gasteiger partial charge is 0.211 e. The number of aromatic nitrogens is 3. The Morgan fingerprint density at radius 3 is 2.35 bits per heavy atom. The van der Waals surface area contributed by atoms with Crippen molar-refractivity contribution in [3.05, 3.63) is 106 Å². The Labute approximate surface area is 190 Å². The van der Waals surface area contributed by atoms with Gasteiger partial charge < -0.3 is 4.74 Å². The summed E-state index contributed by atoms with van der Waals surface area (Å²) in [4.78, 5) is 0. The lowest BCUT2D eigenvalue weighted by molar-refractivity contribution is 0.306. The van der Waals surface area contributed by atoms with Gasteiger partial charge in [-0.2, -0.15) is 9.78 Å². The zero-order valence-corrected chi connectivity index (χ0v) is 18.6. The van der Waals surface area contributed by atoms with E-state index < -0.39 is 0 Å². The molecule has 0 saturated carbocycles. The summed E-state index contributed by atoms with van der Waals surface area (Å²) in [6.07, 6.45) is 4.36. The van der Waals surface area contributed by atoms with Gasteiger partial charge in [0.15, 0.2) is 5.82 Å². The van der Waals surface area contributed by atoms with E-state index in [0.717, 1.165) is 27.7 Å². The van der Waals surface area contributed by atoms with Crippen LogP contribution in [0.5, 0.6) is 5.75 Å². The van der Waals surface area contributed by atoms with Crippen LogP contribution in [0.1, 0.15) is 22.5 Å². The van der Waals surface area contributed by atoms with E-state index in [1.807, 2.05) is 73.0 Å². The molecule has 0 spiro atoms. The fourth-order valence-corrected chi connectivity index (χ4v) is 3.69. The van der Waals surface area contributed by atoms with Gasteiger partial charge in [0.2, 0.25) is 5.16 Å². The van der Waals surface area contributed by atoms with Crippen molar-refractivity contribution >= 4 is 29.6 Å². The van der Waals surface area contributed by atoms with E-state index in [9.17, 15) is 0 Å². The molecule has 0 atom stereocenters. The van der Waals surface area contributed by atoms with Crippen LogP contribution in [0.25, 0.3) is 0 Å². The van der Waals surface area contributed by atoms with Gasteiger partial charge in [0, 0.05) is 6.42 Å². The van der Waals surface area contributed by atoms with Gasteiger partial charge >= 0.3 is 0 Å². The molecule has 0 aliphatic heterocycles. The number of hydrogen-bond donors (Lipinski definition) is 0. The summed E-state index contributed by atoms with van der Waals surface area (Å²) in [6.45, 7) is 0.467. The molecule has 0 aliphatic rings. The molecule has 3 aromatic carbocycles. The van der Waals surface area contributed by atoms with Gasteiger partial charge in [0.05, 0.1) is 11.2 Å². The van der Waals surface area contributed by atoms with Gasteiger partial charge in [0.25, 0.3) is 0 Å². The maximum atomic E-state index is 6.43. The SMILES string of the molecule is CSc1nnc(Cc2ccccc2)n1/N=C\c1ccc(OCc2ccccc2)c(Cl)c1. The van der Waals surface area contributed by atoms with Crippen LogP contribution in [0.4, 0.5) is 0 Å². The van der Waals surface area contributed by atoms with E-state index in [0.29, 0.717) is 23.8 Å². The van der Waals surface area contributed by atoms with Gasteiger partial charge in [-0.15, -0.1) is 10.2 Å². The highest BCUT2D eigenvalue weighted by Crippen LogP contribution is 2.26. The van der Waals surface area contributed by atoms with Crippen LogP contribution in [0.3, 0.4) is 0 Å². The second-order valence-corrected chi connectivity index (χ2v) is 7.97. The second-order valence-electron chi connectivity index (χ2n) is 6.79. The molecule has 0 fully saturated rings. The quantitative estimate of drug-likeness (QED) is 0.256. The van der Waals surface area contributed by atoms with Crippen molar-refractivity contribution in [2.45, 2.75) is 18.2 Å². The lowest BCUT2D eigenvalue weighted by Gasteiger charge is -2.08. The highest BCUT2D eigenvalue weighted by atomic mass is 35.5. The molecule has 4 rings (SSSR count). The number of hydrogen-bond acceptors (Lipinski definition) is 5. The molecule has 7 heteroatoms. The maximum absolute atomic E-state index is 6.43. The van der Waals surface area contributed by atoms with E-state index in [1.165, 1.54) is 11.8 Å². The molecular weight excluding hydrogens is 428 g/mol. The number of halogens is 1. The van der Waals surface area contributed by atoms with E-state index in [-0.39, 0.29) is 0 Å². The standard InChI is InChI=1S/C24H21ClN4OS/c1-31-24-28-27-23(15-18-8-4-2-5-9-18)29(24)26-16-20-12-13-22(21(25)14-20)30-17-19-10-6-3-7-11-19/h2-14,16H,15,17H2,1H3/b26-16-. The van der Waals surface area contributed by atoms with Crippen molar-refractivity contribution in [2.24, 2.45) is 5.10 Å². The molecule has 0 amide bonds. The summed E-state index contributed by atoms with van der Waals surface area (Å²) in [5, 5.41) is 14.4. The minimum absolute atomic E-state index is 0.467. The zero-order chi connectivity index (χ0) is 21.5. The van der Waals surface area contributed by atoms with Crippen LogP contribution in [0.2, 0.25) is 5.02 Å². The predicted octanol–water partition coefficient (Wildman–Crippen LogP) is 5.71. The van der Waals surface area contributed by atoms with Crippen molar-refractivity contribution in [3.8, 4) is 5.75 Å². The number of nitrogens with zero attached hydrogens (tertiary/aromatic N) is 4. The van der Waals surface area contributed by atoms with E-state index in [2.05, 4.69) is 27.4 Å².